The summed E-state index contributed by atoms with van der Waals surface area (Å²) in [5, 5.41) is 2.46. The first-order valence-corrected chi connectivity index (χ1v) is 11.2. The number of methoxy groups -OCH3 is 2. The summed E-state index contributed by atoms with van der Waals surface area (Å²) in [5.41, 5.74) is 2.64. The van der Waals surface area contributed by atoms with Gasteiger partial charge in [0, 0.05) is 23.8 Å². The van der Waals surface area contributed by atoms with E-state index >= 15 is 0 Å². The highest BCUT2D eigenvalue weighted by Crippen LogP contribution is 2.50. The number of ether oxygens (including phenoxy) is 2. The standard InChI is InChI=1S/C27H32NO3/c1-26(2)14-19-15-27(3,16-26)17-28(19)21-13-24(31-22-9-7-6-8-20(21)22)18-10-11-23(29-4)25(12-18)30-5/h6-13,19H,14-17H2,1-5H3/q+1/t19-,27-/m1/s1. The Morgan fingerprint density at radius 1 is 0.935 bits per heavy atom. The van der Waals surface area contributed by atoms with Crippen LogP contribution >= 0.6 is 0 Å². The minimum absolute atomic E-state index is 0.365. The fourth-order valence-electron chi connectivity index (χ4n) is 6.23. The van der Waals surface area contributed by atoms with Gasteiger partial charge in [-0.1, -0.05) is 32.9 Å². The molecule has 0 radical (unpaired) electrons. The maximum absolute atomic E-state index is 6.38. The van der Waals surface area contributed by atoms with Crippen molar-refractivity contribution in [3.8, 4) is 22.8 Å². The van der Waals surface area contributed by atoms with Crippen molar-refractivity contribution in [2.45, 2.75) is 46.1 Å². The zero-order valence-electron chi connectivity index (χ0n) is 19.2. The summed E-state index contributed by atoms with van der Waals surface area (Å²) in [4.78, 5) is 0. The molecule has 1 saturated carbocycles. The second kappa shape index (κ2) is 7.15. The molecule has 2 bridgehead atoms. The number of rotatable bonds is 3. The molecule has 1 aliphatic heterocycles. The monoisotopic (exact) mass is 418 g/mol. The minimum Gasteiger partial charge on any atom is -0.493 e. The molecule has 162 valence electrons. The number of para-hydroxylation sites is 1. The first kappa shape index (κ1) is 20.2. The summed E-state index contributed by atoms with van der Waals surface area (Å²) in [6.45, 7) is 8.41. The van der Waals surface area contributed by atoms with E-state index in [0.29, 0.717) is 22.6 Å². The number of benzene rings is 2. The lowest BCUT2D eigenvalue weighted by molar-refractivity contribution is 0.135. The predicted octanol–water partition coefficient (Wildman–Crippen LogP) is 5.49. The van der Waals surface area contributed by atoms with E-state index in [0.717, 1.165) is 29.2 Å². The SMILES string of the molecule is COc1ccc(-c2cc(=[N+]3C[C@]4(C)C[C@H]3CC(C)(C)C4)c3ccccc3o2)cc1OC. The minimum atomic E-state index is 0.365. The van der Waals surface area contributed by atoms with Crippen LogP contribution < -0.4 is 19.4 Å². The number of fused-ring (bicyclic) bond motifs is 3. The van der Waals surface area contributed by atoms with Crippen molar-refractivity contribution >= 4 is 11.0 Å². The Morgan fingerprint density at radius 2 is 1.71 bits per heavy atom. The van der Waals surface area contributed by atoms with Gasteiger partial charge in [0.2, 0.25) is 5.36 Å². The van der Waals surface area contributed by atoms with Crippen LogP contribution in [-0.2, 0) is 0 Å². The molecule has 4 nitrogen and oxygen atoms in total. The van der Waals surface area contributed by atoms with Gasteiger partial charge in [0.15, 0.2) is 17.5 Å². The Morgan fingerprint density at radius 3 is 2.48 bits per heavy atom. The third-order valence-electron chi connectivity index (χ3n) is 7.04. The van der Waals surface area contributed by atoms with Crippen molar-refractivity contribution in [2.24, 2.45) is 10.8 Å². The van der Waals surface area contributed by atoms with Gasteiger partial charge in [-0.15, -0.1) is 0 Å². The van der Waals surface area contributed by atoms with Crippen LogP contribution in [0, 0.1) is 10.8 Å². The van der Waals surface area contributed by atoms with Crippen LogP contribution in [0.4, 0.5) is 0 Å². The van der Waals surface area contributed by atoms with Gasteiger partial charge in [-0.3, -0.25) is 0 Å². The van der Waals surface area contributed by atoms with Gasteiger partial charge in [-0.05, 0) is 42.2 Å². The van der Waals surface area contributed by atoms with Gasteiger partial charge in [0.25, 0.3) is 0 Å². The van der Waals surface area contributed by atoms with Crippen molar-refractivity contribution in [3.63, 3.8) is 0 Å². The molecule has 2 aromatic carbocycles. The van der Waals surface area contributed by atoms with E-state index < -0.39 is 0 Å². The average molecular weight is 419 g/mol. The molecule has 4 heteroatoms. The lowest BCUT2D eigenvalue weighted by Gasteiger charge is -2.36. The molecule has 1 aliphatic carbocycles. The van der Waals surface area contributed by atoms with Crippen LogP contribution in [0.25, 0.3) is 22.3 Å². The van der Waals surface area contributed by atoms with Gasteiger partial charge in [-0.25, -0.2) is 4.58 Å². The van der Waals surface area contributed by atoms with Gasteiger partial charge in [0.1, 0.15) is 17.9 Å². The molecule has 0 N–H and O–H groups in total. The summed E-state index contributed by atoms with van der Waals surface area (Å²) in [6, 6.07) is 17.1. The Kier molecular flexibility index (Phi) is 4.65. The molecule has 2 fully saturated rings. The molecular weight excluding hydrogens is 386 g/mol. The van der Waals surface area contributed by atoms with E-state index in [4.69, 9.17) is 13.9 Å². The Bertz CT molecular complexity index is 1220. The normalized spacial score (nSPS) is 26.2. The van der Waals surface area contributed by atoms with E-state index in [1.54, 1.807) is 14.2 Å². The smallest absolute Gasteiger partial charge is 0.215 e. The predicted molar refractivity (Wildman–Crippen MR) is 124 cm³/mol. The van der Waals surface area contributed by atoms with Gasteiger partial charge < -0.3 is 13.9 Å². The lowest BCUT2D eigenvalue weighted by atomic mass is 9.65. The molecule has 0 amide bonds. The first-order chi connectivity index (χ1) is 14.8. The van der Waals surface area contributed by atoms with E-state index in [2.05, 4.69) is 49.6 Å². The van der Waals surface area contributed by atoms with Crippen LogP contribution in [0.15, 0.2) is 52.9 Å². The molecule has 1 saturated heterocycles. The topological polar surface area (TPSA) is 34.6 Å². The fraction of sp³-hybridized carbons (Fsp3) is 0.444. The third kappa shape index (κ3) is 3.52. The highest BCUT2D eigenvalue weighted by Gasteiger charge is 2.53. The first-order valence-electron chi connectivity index (χ1n) is 11.2. The van der Waals surface area contributed by atoms with Gasteiger partial charge in [0.05, 0.1) is 25.7 Å². The molecule has 1 aromatic heterocycles. The highest BCUT2D eigenvalue weighted by molar-refractivity contribution is 5.78. The van der Waals surface area contributed by atoms with Gasteiger partial charge >= 0.3 is 0 Å². The molecule has 3 aromatic rings. The van der Waals surface area contributed by atoms with Crippen LogP contribution in [0.3, 0.4) is 0 Å². The van der Waals surface area contributed by atoms with Crippen LogP contribution in [-0.4, -0.2) is 26.8 Å². The van der Waals surface area contributed by atoms with Gasteiger partial charge in [-0.2, -0.15) is 0 Å². The lowest BCUT2D eigenvalue weighted by Crippen LogP contribution is -2.37. The molecule has 2 heterocycles. The van der Waals surface area contributed by atoms with E-state index in [1.165, 1.54) is 30.0 Å². The molecule has 0 unspecified atom stereocenters. The van der Waals surface area contributed by atoms with Crippen molar-refractivity contribution < 1.29 is 13.9 Å². The molecule has 2 aliphatic rings. The van der Waals surface area contributed by atoms with E-state index in [9.17, 15) is 0 Å². The molecule has 5 rings (SSSR count). The largest absolute Gasteiger partial charge is 0.493 e. The summed E-state index contributed by atoms with van der Waals surface area (Å²) in [5.74, 6) is 2.27. The molecular formula is C27H32NO3+. The Balaban J connectivity index is 1.75. The van der Waals surface area contributed by atoms with Crippen LogP contribution in [0.1, 0.15) is 40.0 Å². The van der Waals surface area contributed by atoms with E-state index in [-0.39, 0.29) is 0 Å². The van der Waals surface area contributed by atoms with Crippen molar-refractivity contribution in [1.82, 2.24) is 4.58 Å². The molecule has 2 atom stereocenters. The fourth-order valence-corrected chi connectivity index (χ4v) is 6.23. The zero-order valence-corrected chi connectivity index (χ0v) is 19.2. The second-order valence-electron chi connectivity index (χ2n) is 10.4. The summed E-state index contributed by atoms with van der Waals surface area (Å²) in [7, 11) is 3.32. The van der Waals surface area contributed by atoms with Crippen molar-refractivity contribution in [3.05, 3.63) is 53.9 Å². The molecule has 0 spiro atoms. The maximum atomic E-state index is 6.38. The Hall–Kier alpha value is -2.75. The summed E-state index contributed by atoms with van der Waals surface area (Å²) in [6.07, 6.45) is 3.78. The number of hydrogen-bond donors (Lipinski definition) is 0. The maximum Gasteiger partial charge on any atom is 0.215 e. The zero-order chi connectivity index (χ0) is 21.8. The average Bonchev–Trinajstić information content (AvgIpc) is 3.00. The highest BCUT2D eigenvalue weighted by atomic mass is 16.5. The van der Waals surface area contributed by atoms with Crippen LogP contribution in [0.5, 0.6) is 11.5 Å². The third-order valence-corrected chi connectivity index (χ3v) is 7.04. The summed E-state index contributed by atoms with van der Waals surface area (Å²) < 4.78 is 20.0. The second-order valence-corrected chi connectivity index (χ2v) is 10.4. The van der Waals surface area contributed by atoms with E-state index in [1.807, 2.05) is 24.3 Å². The number of hydrogen-bond acceptors (Lipinski definition) is 3. The molecule has 31 heavy (non-hydrogen) atoms. The van der Waals surface area contributed by atoms with Crippen molar-refractivity contribution in [2.75, 3.05) is 20.8 Å². The summed E-state index contributed by atoms with van der Waals surface area (Å²) >= 11 is 0. The van der Waals surface area contributed by atoms with Crippen molar-refractivity contribution in [1.29, 1.82) is 0 Å². The quantitative estimate of drug-likeness (QED) is 0.528. The Labute approximate surface area is 184 Å². The van der Waals surface area contributed by atoms with Crippen LogP contribution in [0.2, 0.25) is 0 Å². The number of nitrogens with zero attached hydrogens (tertiary/aromatic N) is 1.